The van der Waals surface area contributed by atoms with Gasteiger partial charge >= 0.3 is 0 Å². The maximum absolute atomic E-state index is 12.1. The first-order valence-corrected chi connectivity index (χ1v) is 7.38. The van der Waals surface area contributed by atoms with Gasteiger partial charge in [0.25, 0.3) is 0 Å². The van der Waals surface area contributed by atoms with Gasteiger partial charge in [-0.3, -0.25) is 4.79 Å². The van der Waals surface area contributed by atoms with Crippen LogP contribution in [0, 0.1) is 0 Å². The molecule has 1 unspecified atom stereocenters. The van der Waals surface area contributed by atoms with Crippen molar-refractivity contribution in [2.24, 2.45) is 0 Å². The monoisotopic (exact) mass is 260 g/mol. The van der Waals surface area contributed by atoms with E-state index in [1.807, 2.05) is 0 Å². The van der Waals surface area contributed by atoms with Crippen molar-refractivity contribution < 1.29 is 4.79 Å². The van der Waals surface area contributed by atoms with Crippen LogP contribution in [0.2, 0.25) is 0 Å². The molecular formula is C16H24N2O. The number of nitrogens with one attached hydrogen (secondary N) is 2. The third kappa shape index (κ3) is 4.35. The molecule has 3 nitrogen and oxygen atoms in total. The molecule has 2 N–H and O–H groups in total. The number of benzene rings is 1. The average Bonchev–Trinajstić information content (AvgIpc) is 2.74. The standard InChI is InChI=1S/C16H24N2O/c1-2-13-7-9-14(10-8-13)12-18-16(19)15-6-4-3-5-11-17-15/h7-10,15,17H,2-6,11-12H2,1H3,(H,18,19). The number of carbonyl (C=O) groups excluding carboxylic acids is 1. The largest absolute Gasteiger partial charge is 0.351 e. The Morgan fingerprint density at radius 3 is 2.68 bits per heavy atom. The molecule has 1 heterocycles. The van der Waals surface area contributed by atoms with Gasteiger partial charge in [0.2, 0.25) is 5.91 Å². The van der Waals surface area contributed by atoms with Crippen LogP contribution in [0.5, 0.6) is 0 Å². The molecule has 0 radical (unpaired) electrons. The first-order chi connectivity index (χ1) is 9.29. The topological polar surface area (TPSA) is 41.1 Å². The predicted octanol–water partition coefficient (Wildman–Crippen LogP) is 2.40. The quantitative estimate of drug-likeness (QED) is 0.873. The van der Waals surface area contributed by atoms with E-state index in [0.29, 0.717) is 6.54 Å². The van der Waals surface area contributed by atoms with E-state index in [1.54, 1.807) is 0 Å². The number of rotatable bonds is 4. The Labute approximate surface area is 115 Å². The van der Waals surface area contributed by atoms with E-state index in [1.165, 1.54) is 24.0 Å². The molecule has 104 valence electrons. The fourth-order valence-electron chi connectivity index (χ4n) is 2.46. The number of hydrogen-bond donors (Lipinski definition) is 2. The minimum atomic E-state index is -0.00239. The van der Waals surface area contributed by atoms with Gasteiger partial charge in [0.05, 0.1) is 6.04 Å². The van der Waals surface area contributed by atoms with E-state index in [0.717, 1.165) is 25.8 Å². The number of hydrogen-bond acceptors (Lipinski definition) is 2. The summed E-state index contributed by atoms with van der Waals surface area (Å²) in [4.78, 5) is 12.1. The smallest absolute Gasteiger partial charge is 0.237 e. The highest BCUT2D eigenvalue weighted by Crippen LogP contribution is 2.09. The SMILES string of the molecule is CCc1ccc(CNC(=O)C2CCCCCN2)cc1. The highest BCUT2D eigenvalue weighted by atomic mass is 16.2. The lowest BCUT2D eigenvalue weighted by Crippen LogP contribution is -2.43. The number of amides is 1. The van der Waals surface area contributed by atoms with Crippen LogP contribution in [-0.2, 0) is 17.8 Å². The Hall–Kier alpha value is -1.35. The maximum Gasteiger partial charge on any atom is 0.237 e. The van der Waals surface area contributed by atoms with E-state index in [9.17, 15) is 4.79 Å². The van der Waals surface area contributed by atoms with Crippen molar-refractivity contribution in [2.75, 3.05) is 6.54 Å². The third-order valence-electron chi connectivity index (χ3n) is 3.77. The fourth-order valence-corrected chi connectivity index (χ4v) is 2.46. The summed E-state index contributed by atoms with van der Waals surface area (Å²) in [5.41, 5.74) is 2.50. The van der Waals surface area contributed by atoms with Crippen LogP contribution < -0.4 is 10.6 Å². The second-order valence-electron chi connectivity index (χ2n) is 5.24. The van der Waals surface area contributed by atoms with Gasteiger partial charge in [-0.2, -0.15) is 0 Å². The molecule has 1 amide bonds. The van der Waals surface area contributed by atoms with Crippen LogP contribution in [0.15, 0.2) is 24.3 Å². The molecule has 0 saturated carbocycles. The van der Waals surface area contributed by atoms with E-state index >= 15 is 0 Å². The molecule has 1 aliphatic rings. The van der Waals surface area contributed by atoms with Gasteiger partial charge in [-0.25, -0.2) is 0 Å². The van der Waals surface area contributed by atoms with Crippen molar-refractivity contribution in [1.29, 1.82) is 0 Å². The van der Waals surface area contributed by atoms with Crippen molar-refractivity contribution in [1.82, 2.24) is 10.6 Å². The Bertz CT molecular complexity index is 392. The minimum absolute atomic E-state index is 0.00239. The van der Waals surface area contributed by atoms with Crippen molar-refractivity contribution in [3.8, 4) is 0 Å². The normalized spacial score (nSPS) is 19.7. The van der Waals surface area contributed by atoms with Gasteiger partial charge in [-0.1, -0.05) is 44.0 Å². The molecule has 1 aromatic carbocycles. The highest BCUT2D eigenvalue weighted by molar-refractivity contribution is 5.81. The van der Waals surface area contributed by atoms with Crippen molar-refractivity contribution in [3.63, 3.8) is 0 Å². The van der Waals surface area contributed by atoms with Gasteiger partial charge in [0, 0.05) is 6.54 Å². The number of aryl methyl sites for hydroxylation is 1. The molecule has 0 spiro atoms. The molecular weight excluding hydrogens is 236 g/mol. The van der Waals surface area contributed by atoms with Crippen LogP contribution >= 0.6 is 0 Å². The summed E-state index contributed by atoms with van der Waals surface area (Å²) >= 11 is 0. The van der Waals surface area contributed by atoms with Gasteiger partial charge in [-0.15, -0.1) is 0 Å². The molecule has 1 aromatic rings. The summed E-state index contributed by atoms with van der Waals surface area (Å²) < 4.78 is 0. The van der Waals surface area contributed by atoms with E-state index in [4.69, 9.17) is 0 Å². The third-order valence-corrected chi connectivity index (χ3v) is 3.77. The van der Waals surface area contributed by atoms with Crippen molar-refractivity contribution >= 4 is 5.91 Å². The van der Waals surface area contributed by atoms with Crippen molar-refractivity contribution in [3.05, 3.63) is 35.4 Å². The van der Waals surface area contributed by atoms with Crippen molar-refractivity contribution in [2.45, 2.75) is 51.6 Å². The van der Waals surface area contributed by atoms with Crippen LogP contribution in [0.1, 0.15) is 43.7 Å². The Balaban J connectivity index is 1.81. The van der Waals surface area contributed by atoms with Crippen LogP contribution in [0.3, 0.4) is 0 Å². The Morgan fingerprint density at radius 1 is 1.21 bits per heavy atom. The summed E-state index contributed by atoms with van der Waals surface area (Å²) in [5.74, 6) is 0.140. The molecule has 0 bridgehead atoms. The molecule has 1 aliphatic heterocycles. The lowest BCUT2D eigenvalue weighted by Gasteiger charge is -2.15. The predicted molar refractivity (Wildman–Crippen MR) is 77.9 cm³/mol. The zero-order valence-electron chi connectivity index (χ0n) is 11.7. The zero-order chi connectivity index (χ0) is 13.5. The number of carbonyl (C=O) groups is 1. The zero-order valence-corrected chi connectivity index (χ0v) is 11.7. The molecule has 1 atom stereocenters. The molecule has 2 rings (SSSR count). The first kappa shape index (κ1) is 14.1. The molecule has 3 heteroatoms. The molecule has 1 fully saturated rings. The van der Waals surface area contributed by atoms with E-state index < -0.39 is 0 Å². The van der Waals surface area contributed by atoms with E-state index in [-0.39, 0.29) is 11.9 Å². The molecule has 0 aromatic heterocycles. The highest BCUT2D eigenvalue weighted by Gasteiger charge is 2.18. The summed E-state index contributed by atoms with van der Waals surface area (Å²) in [6.07, 6.45) is 5.58. The van der Waals surface area contributed by atoms with Crippen LogP contribution in [-0.4, -0.2) is 18.5 Å². The average molecular weight is 260 g/mol. The van der Waals surface area contributed by atoms with Crippen LogP contribution in [0.4, 0.5) is 0 Å². The van der Waals surface area contributed by atoms with Gasteiger partial charge in [0.15, 0.2) is 0 Å². The summed E-state index contributed by atoms with van der Waals surface area (Å²) in [7, 11) is 0. The second-order valence-corrected chi connectivity index (χ2v) is 5.24. The minimum Gasteiger partial charge on any atom is -0.351 e. The fraction of sp³-hybridized carbons (Fsp3) is 0.562. The lowest BCUT2D eigenvalue weighted by atomic mass is 10.1. The Morgan fingerprint density at radius 2 is 1.95 bits per heavy atom. The van der Waals surface area contributed by atoms with Crippen LogP contribution in [0.25, 0.3) is 0 Å². The summed E-state index contributed by atoms with van der Waals surface area (Å²) in [5, 5.41) is 6.36. The molecule has 19 heavy (non-hydrogen) atoms. The summed E-state index contributed by atoms with van der Waals surface area (Å²) in [6.45, 7) is 3.73. The van der Waals surface area contributed by atoms with E-state index in [2.05, 4.69) is 41.8 Å². The lowest BCUT2D eigenvalue weighted by molar-refractivity contribution is -0.123. The van der Waals surface area contributed by atoms with Gasteiger partial charge < -0.3 is 10.6 Å². The van der Waals surface area contributed by atoms with Gasteiger partial charge in [0.1, 0.15) is 0 Å². The Kier molecular flexibility index (Phi) is 5.40. The molecule has 1 saturated heterocycles. The van der Waals surface area contributed by atoms with Gasteiger partial charge in [-0.05, 0) is 36.9 Å². The maximum atomic E-state index is 12.1. The second kappa shape index (κ2) is 7.29. The first-order valence-electron chi connectivity index (χ1n) is 7.38. The molecule has 0 aliphatic carbocycles. The summed E-state index contributed by atoms with van der Waals surface area (Å²) in [6, 6.07) is 8.45.